The fourth-order valence-electron chi connectivity index (χ4n) is 4.12. The molecule has 1 atom stereocenters. The van der Waals surface area contributed by atoms with Crippen LogP contribution < -0.4 is 0 Å². The molecule has 10 heteroatoms. The van der Waals surface area contributed by atoms with Crippen molar-refractivity contribution in [3.8, 4) is 17.1 Å². The van der Waals surface area contributed by atoms with Crippen LogP contribution in [0.15, 0.2) is 47.2 Å². The number of likely N-dealkylation sites (tertiary alicyclic amines) is 1. The van der Waals surface area contributed by atoms with Crippen LogP contribution in [0.3, 0.4) is 0 Å². The molecular weight excluding hydrogens is 447 g/mol. The Morgan fingerprint density at radius 3 is 2.76 bits per heavy atom. The molecule has 33 heavy (non-hydrogen) atoms. The van der Waals surface area contributed by atoms with Crippen LogP contribution in [-0.2, 0) is 0 Å². The second-order valence-electron chi connectivity index (χ2n) is 7.93. The fraction of sp³-hybridized carbons (Fsp3) is 0.261. The van der Waals surface area contributed by atoms with Gasteiger partial charge in [-0.2, -0.15) is 20.0 Å². The van der Waals surface area contributed by atoms with Crippen molar-refractivity contribution in [2.45, 2.75) is 32.7 Å². The molecule has 0 spiro atoms. The Balaban J connectivity index is 1.51. The molecule has 2 aromatic carbocycles. The lowest BCUT2D eigenvalue weighted by Crippen LogP contribution is -2.32. The van der Waals surface area contributed by atoms with Crippen molar-refractivity contribution in [2.75, 3.05) is 6.54 Å². The molecule has 1 aliphatic rings. The molecule has 8 nitrogen and oxygen atoms in total. The summed E-state index contributed by atoms with van der Waals surface area (Å²) in [4.78, 5) is 21.0. The third kappa shape index (κ3) is 3.68. The van der Waals surface area contributed by atoms with Gasteiger partial charge in [0, 0.05) is 17.1 Å². The number of rotatable bonds is 4. The third-order valence-corrected chi connectivity index (χ3v) is 6.32. The largest absolute Gasteiger partial charge is 0.337 e. The molecule has 1 amide bonds. The second-order valence-corrected chi connectivity index (χ2v) is 8.34. The smallest absolute Gasteiger partial charge is 0.259 e. The van der Waals surface area contributed by atoms with Crippen molar-refractivity contribution in [3.63, 3.8) is 0 Å². The Morgan fingerprint density at radius 2 is 1.97 bits per heavy atom. The van der Waals surface area contributed by atoms with Gasteiger partial charge in [0.2, 0.25) is 11.7 Å². The summed E-state index contributed by atoms with van der Waals surface area (Å²) in [6.45, 7) is 3.94. The first-order valence-electron chi connectivity index (χ1n) is 10.5. The molecule has 3 heterocycles. The summed E-state index contributed by atoms with van der Waals surface area (Å²) in [6, 6.07) is 8.25. The number of carbonyl (C=O) groups is 1. The van der Waals surface area contributed by atoms with Gasteiger partial charge in [0.25, 0.3) is 5.91 Å². The molecule has 0 aliphatic carbocycles. The van der Waals surface area contributed by atoms with E-state index < -0.39 is 17.8 Å². The van der Waals surface area contributed by atoms with E-state index in [0.717, 1.165) is 17.5 Å². The molecule has 1 unspecified atom stereocenters. The van der Waals surface area contributed by atoms with Crippen LogP contribution in [0.5, 0.6) is 0 Å². The van der Waals surface area contributed by atoms with Gasteiger partial charge in [-0.15, -0.1) is 0 Å². The van der Waals surface area contributed by atoms with Gasteiger partial charge in [0.1, 0.15) is 23.1 Å². The number of hydrogen-bond donors (Lipinski definition) is 0. The fourth-order valence-corrected chi connectivity index (χ4v) is 4.29. The monoisotopic (exact) mass is 466 g/mol. The molecule has 0 N–H and O–H groups in total. The minimum absolute atomic E-state index is 0.0801. The number of carbonyl (C=O) groups excluding carboxylic acids is 1. The lowest BCUT2D eigenvalue weighted by molar-refractivity contribution is 0.0704. The SMILES string of the molecule is Cc1ccc(-n2nccn2)c(C(=O)N2CCCC2c2nc(-c3cccc(Cl)c3C)no2)c1F. The molecule has 4 aromatic rings. The zero-order valence-corrected chi connectivity index (χ0v) is 18.8. The summed E-state index contributed by atoms with van der Waals surface area (Å²) in [5.74, 6) is -0.361. The Bertz CT molecular complexity index is 1340. The normalized spacial score (nSPS) is 15.9. The van der Waals surface area contributed by atoms with E-state index >= 15 is 4.39 Å². The summed E-state index contributed by atoms with van der Waals surface area (Å²) in [6.07, 6.45) is 4.31. The maximum absolute atomic E-state index is 15.2. The van der Waals surface area contributed by atoms with Crippen molar-refractivity contribution in [1.82, 2.24) is 30.0 Å². The zero-order chi connectivity index (χ0) is 23.1. The number of halogens is 2. The lowest BCUT2D eigenvalue weighted by Gasteiger charge is -2.23. The number of amides is 1. The molecule has 5 rings (SSSR count). The number of aryl methyl sites for hydroxylation is 1. The first kappa shape index (κ1) is 21.3. The minimum Gasteiger partial charge on any atom is -0.337 e. The van der Waals surface area contributed by atoms with Gasteiger partial charge in [-0.3, -0.25) is 4.79 Å². The first-order chi connectivity index (χ1) is 16.0. The van der Waals surface area contributed by atoms with Crippen molar-refractivity contribution in [1.29, 1.82) is 0 Å². The number of nitrogens with zero attached hydrogens (tertiary/aromatic N) is 6. The standard InChI is InChI=1S/C23H20ClFN6O2/c1-13-8-9-17(31-26-10-11-27-31)19(20(13)25)23(32)30-12-4-7-18(30)22-28-21(29-33-22)15-5-3-6-16(24)14(15)2/h3,5-6,8-11,18H,4,7,12H2,1-2H3. The summed E-state index contributed by atoms with van der Waals surface area (Å²) in [5, 5.41) is 12.9. The van der Waals surface area contributed by atoms with E-state index in [4.69, 9.17) is 16.1 Å². The van der Waals surface area contributed by atoms with Crippen LogP contribution in [0.4, 0.5) is 4.39 Å². The Morgan fingerprint density at radius 1 is 1.18 bits per heavy atom. The Kier molecular flexibility index (Phi) is 5.41. The van der Waals surface area contributed by atoms with E-state index in [2.05, 4.69) is 20.3 Å². The van der Waals surface area contributed by atoms with Crippen molar-refractivity contribution in [2.24, 2.45) is 0 Å². The molecule has 1 aliphatic heterocycles. The molecular formula is C23H20ClFN6O2. The van der Waals surface area contributed by atoms with Crippen molar-refractivity contribution < 1.29 is 13.7 Å². The van der Waals surface area contributed by atoms with E-state index in [9.17, 15) is 4.79 Å². The summed E-state index contributed by atoms with van der Waals surface area (Å²) in [7, 11) is 0. The maximum Gasteiger partial charge on any atom is 0.259 e. The van der Waals surface area contributed by atoms with Gasteiger partial charge >= 0.3 is 0 Å². The lowest BCUT2D eigenvalue weighted by atomic mass is 10.1. The summed E-state index contributed by atoms with van der Waals surface area (Å²) < 4.78 is 20.8. The molecule has 168 valence electrons. The van der Waals surface area contributed by atoms with Gasteiger partial charge < -0.3 is 9.42 Å². The highest BCUT2D eigenvalue weighted by Crippen LogP contribution is 2.35. The van der Waals surface area contributed by atoms with Crippen molar-refractivity contribution >= 4 is 17.5 Å². The molecule has 1 fully saturated rings. The second kappa shape index (κ2) is 8.40. The number of hydrogen-bond acceptors (Lipinski definition) is 6. The van der Waals surface area contributed by atoms with Gasteiger partial charge in [-0.05, 0) is 49.9 Å². The van der Waals surface area contributed by atoms with Crippen LogP contribution in [0.25, 0.3) is 17.1 Å². The topological polar surface area (TPSA) is 89.9 Å². The van der Waals surface area contributed by atoms with E-state index in [1.807, 2.05) is 19.1 Å². The van der Waals surface area contributed by atoms with E-state index in [1.165, 1.54) is 17.2 Å². The number of aromatic nitrogens is 5. The maximum atomic E-state index is 15.2. The van der Waals surface area contributed by atoms with Crippen LogP contribution in [0, 0.1) is 19.7 Å². The van der Waals surface area contributed by atoms with Crippen LogP contribution >= 0.6 is 11.6 Å². The van der Waals surface area contributed by atoms with E-state index in [0.29, 0.717) is 35.3 Å². The van der Waals surface area contributed by atoms with Gasteiger partial charge in [0.15, 0.2) is 0 Å². The quantitative estimate of drug-likeness (QED) is 0.433. The van der Waals surface area contributed by atoms with E-state index in [1.54, 1.807) is 30.0 Å². The van der Waals surface area contributed by atoms with Crippen LogP contribution in [0.2, 0.25) is 5.02 Å². The summed E-state index contributed by atoms with van der Waals surface area (Å²) in [5.41, 5.74) is 2.15. The molecule has 0 saturated carbocycles. The first-order valence-corrected chi connectivity index (χ1v) is 10.9. The number of benzene rings is 2. The zero-order valence-electron chi connectivity index (χ0n) is 18.0. The van der Waals surface area contributed by atoms with Gasteiger partial charge in [0.05, 0.1) is 12.4 Å². The van der Waals surface area contributed by atoms with Gasteiger partial charge in [-0.25, -0.2) is 4.39 Å². The van der Waals surface area contributed by atoms with Crippen LogP contribution in [0.1, 0.15) is 46.3 Å². The highest BCUT2D eigenvalue weighted by molar-refractivity contribution is 6.31. The average molecular weight is 467 g/mol. The molecule has 0 radical (unpaired) electrons. The predicted molar refractivity (Wildman–Crippen MR) is 119 cm³/mol. The minimum atomic E-state index is -0.596. The molecule has 0 bridgehead atoms. The molecule has 1 saturated heterocycles. The Labute approximate surface area is 194 Å². The third-order valence-electron chi connectivity index (χ3n) is 5.91. The molecule has 2 aromatic heterocycles. The van der Waals surface area contributed by atoms with Crippen molar-refractivity contribution in [3.05, 3.63) is 76.1 Å². The van der Waals surface area contributed by atoms with E-state index in [-0.39, 0.29) is 11.3 Å². The highest BCUT2D eigenvalue weighted by atomic mass is 35.5. The van der Waals surface area contributed by atoms with Crippen LogP contribution in [-0.4, -0.2) is 42.5 Å². The average Bonchev–Trinajstić information content (AvgIpc) is 3.58. The summed E-state index contributed by atoms with van der Waals surface area (Å²) >= 11 is 6.23. The predicted octanol–water partition coefficient (Wildman–Crippen LogP) is 4.70. The Hall–Kier alpha value is -3.59. The highest BCUT2D eigenvalue weighted by Gasteiger charge is 2.37. The van der Waals surface area contributed by atoms with Gasteiger partial charge in [-0.1, -0.05) is 35.0 Å².